The molecule has 1 heterocycles. The zero-order chi connectivity index (χ0) is 16.5. The third kappa shape index (κ3) is 6.20. The zero-order valence-corrected chi connectivity index (χ0v) is 13.7. The van der Waals surface area contributed by atoms with Crippen LogP contribution in [0, 0.1) is 0 Å². The number of benzene rings is 1. The van der Waals surface area contributed by atoms with Crippen molar-refractivity contribution in [2.45, 2.75) is 12.7 Å². The molecule has 0 radical (unpaired) electrons. The third-order valence-corrected chi connectivity index (χ3v) is 4.01. The van der Waals surface area contributed by atoms with E-state index in [9.17, 15) is 9.59 Å². The second-order valence-corrected chi connectivity index (χ2v) is 5.96. The topological polar surface area (TPSA) is 68.5 Å². The maximum absolute atomic E-state index is 11.7. The number of carbonyl (C=O) groups excluding carboxylic acids is 2. The summed E-state index contributed by atoms with van der Waals surface area (Å²) in [7, 11) is 0. The molecule has 0 unspecified atom stereocenters. The summed E-state index contributed by atoms with van der Waals surface area (Å²) < 4.78 is 10.6. The number of rotatable bonds is 9. The molecule has 0 bridgehead atoms. The van der Waals surface area contributed by atoms with Crippen molar-refractivity contribution >= 4 is 23.5 Å². The van der Waals surface area contributed by atoms with Gasteiger partial charge in [-0.1, -0.05) is 0 Å². The Balaban J connectivity index is 1.58. The van der Waals surface area contributed by atoms with Crippen LogP contribution in [0.3, 0.4) is 0 Å². The molecule has 0 aliphatic carbocycles. The van der Waals surface area contributed by atoms with Gasteiger partial charge < -0.3 is 14.5 Å². The summed E-state index contributed by atoms with van der Waals surface area (Å²) in [6, 6.07) is 10.5. The SMILES string of the molecule is CC(=O)c1ccc(OCC(=O)NCCSCc2ccco2)cc1. The molecule has 0 saturated carbocycles. The van der Waals surface area contributed by atoms with E-state index in [0.717, 1.165) is 17.3 Å². The van der Waals surface area contributed by atoms with Gasteiger partial charge in [-0.05, 0) is 43.3 Å². The lowest BCUT2D eigenvalue weighted by Gasteiger charge is -2.07. The summed E-state index contributed by atoms with van der Waals surface area (Å²) in [4.78, 5) is 22.8. The Morgan fingerprint density at radius 3 is 2.65 bits per heavy atom. The van der Waals surface area contributed by atoms with E-state index >= 15 is 0 Å². The highest BCUT2D eigenvalue weighted by Gasteiger charge is 2.04. The molecule has 23 heavy (non-hydrogen) atoms. The van der Waals surface area contributed by atoms with Crippen LogP contribution in [0.25, 0.3) is 0 Å². The van der Waals surface area contributed by atoms with Gasteiger partial charge in [0.05, 0.1) is 12.0 Å². The van der Waals surface area contributed by atoms with E-state index in [-0.39, 0.29) is 18.3 Å². The number of amides is 1. The van der Waals surface area contributed by atoms with Gasteiger partial charge in [0.2, 0.25) is 0 Å². The van der Waals surface area contributed by atoms with Gasteiger partial charge in [-0.3, -0.25) is 9.59 Å². The van der Waals surface area contributed by atoms with Crippen molar-refractivity contribution in [2.24, 2.45) is 0 Å². The van der Waals surface area contributed by atoms with Crippen LogP contribution in [0.4, 0.5) is 0 Å². The van der Waals surface area contributed by atoms with Crippen LogP contribution in [-0.4, -0.2) is 30.6 Å². The summed E-state index contributed by atoms with van der Waals surface area (Å²) in [5.41, 5.74) is 0.621. The van der Waals surface area contributed by atoms with E-state index in [1.54, 1.807) is 42.3 Å². The number of hydrogen-bond acceptors (Lipinski definition) is 5. The summed E-state index contributed by atoms with van der Waals surface area (Å²) in [6.45, 7) is 2.05. The summed E-state index contributed by atoms with van der Waals surface area (Å²) >= 11 is 1.69. The standard InChI is InChI=1S/C17H19NO4S/c1-13(19)14-4-6-15(7-5-14)22-11-17(20)18-8-10-23-12-16-3-2-9-21-16/h2-7,9H,8,10-12H2,1H3,(H,18,20). The molecule has 0 atom stereocenters. The number of ketones is 1. The third-order valence-electron chi connectivity index (χ3n) is 3.02. The molecule has 5 nitrogen and oxygen atoms in total. The Kier molecular flexibility index (Phi) is 6.75. The van der Waals surface area contributed by atoms with E-state index in [1.165, 1.54) is 6.92 Å². The lowest BCUT2D eigenvalue weighted by atomic mass is 10.1. The molecular weight excluding hydrogens is 314 g/mol. The van der Waals surface area contributed by atoms with Gasteiger partial charge in [0.25, 0.3) is 5.91 Å². The van der Waals surface area contributed by atoms with Gasteiger partial charge in [0.15, 0.2) is 12.4 Å². The second-order valence-electron chi connectivity index (χ2n) is 4.85. The fourth-order valence-corrected chi connectivity index (χ4v) is 2.57. The Hall–Kier alpha value is -2.21. The molecule has 1 N–H and O–H groups in total. The maximum Gasteiger partial charge on any atom is 0.257 e. The first kappa shape index (κ1) is 17.1. The van der Waals surface area contributed by atoms with Crippen molar-refractivity contribution in [3.8, 4) is 5.75 Å². The molecule has 1 aromatic heterocycles. The van der Waals surface area contributed by atoms with Gasteiger partial charge in [-0.15, -0.1) is 0 Å². The van der Waals surface area contributed by atoms with Crippen LogP contribution in [-0.2, 0) is 10.5 Å². The second kappa shape index (κ2) is 9.05. The smallest absolute Gasteiger partial charge is 0.257 e. The van der Waals surface area contributed by atoms with Crippen LogP contribution >= 0.6 is 11.8 Å². The molecule has 2 aromatic rings. The van der Waals surface area contributed by atoms with E-state index < -0.39 is 0 Å². The molecule has 1 amide bonds. The predicted octanol–water partition coefficient (Wildman–Crippen LogP) is 2.91. The largest absolute Gasteiger partial charge is 0.484 e. The Morgan fingerprint density at radius 1 is 1.22 bits per heavy atom. The Morgan fingerprint density at radius 2 is 2.00 bits per heavy atom. The minimum absolute atomic E-state index is 0.00124. The van der Waals surface area contributed by atoms with Crippen LogP contribution in [0.2, 0.25) is 0 Å². The number of hydrogen-bond donors (Lipinski definition) is 1. The number of ether oxygens (including phenoxy) is 1. The van der Waals surface area contributed by atoms with Gasteiger partial charge in [-0.25, -0.2) is 0 Å². The molecule has 0 aliphatic heterocycles. The van der Waals surface area contributed by atoms with Crippen LogP contribution < -0.4 is 10.1 Å². The first-order chi connectivity index (χ1) is 11.1. The highest BCUT2D eigenvalue weighted by molar-refractivity contribution is 7.98. The molecule has 0 saturated heterocycles. The molecule has 6 heteroatoms. The van der Waals surface area contributed by atoms with E-state index in [1.807, 2.05) is 12.1 Å². The van der Waals surface area contributed by atoms with E-state index in [4.69, 9.17) is 9.15 Å². The van der Waals surface area contributed by atoms with Crippen molar-refractivity contribution in [3.05, 3.63) is 54.0 Å². The normalized spacial score (nSPS) is 10.3. The Labute approximate surface area is 139 Å². The highest BCUT2D eigenvalue weighted by Crippen LogP contribution is 2.13. The average Bonchev–Trinajstić information content (AvgIpc) is 3.06. The molecular formula is C17H19NO4S. The molecule has 0 aliphatic rings. The number of nitrogens with one attached hydrogen (secondary N) is 1. The fourth-order valence-electron chi connectivity index (χ4n) is 1.82. The van der Waals surface area contributed by atoms with Crippen LogP contribution in [0.15, 0.2) is 47.1 Å². The fraction of sp³-hybridized carbons (Fsp3) is 0.294. The van der Waals surface area contributed by atoms with Crippen molar-refractivity contribution in [1.29, 1.82) is 0 Å². The zero-order valence-electron chi connectivity index (χ0n) is 12.9. The van der Waals surface area contributed by atoms with Crippen LogP contribution in [0.5, 0.6) is 5.75 Å². The average molecular weight is 333 g/mol. The van der Waals surface area contributed by atoms with E-state index in [0.29, 0.717) is 17.9 Å². The summed E-state index contributed by atoms with van der Waals surface area (Å²) in [5, 5.41) is 2.79. The summed E-state index contributed by atoms with van der Waals surface area (Å²) in [6.07, 6.45) is 1.65. The monoisotopic (exact) mass is 333 g/mol. The number of thioether (sulfide) groups is 1. The van der Waals surface area contributed by atoms with Gasteiger partial charge in [-0.2, -0.15) is 11.8 Å². The Bertz CT molecular complexity index is 623. The minimum atomic E-state index is -0.167. The van der Waals surface area contributed by atoms with Gasteiger partial charge in [0.1, 0.15) is 11.5 Å². The number of carbonyl (C=O) groups is 2. The van der Waals surface area contributed by atoms with Gasteiger partial charge in [0, 0.05) is 17.9 Å². The first-order valence-corrected chi connectivity index (χ1v) is 8.41. The highest BCUT2D eigenvalue weighted by atomic mass is 32.2. The van der Waals surface area contributed by atoms with Gasteiger partial charge >= 0.3 is 0 Å². The number of furan rings is 1. The summed E-state index contributed by atoms with van der Waals surface area (Å²) in [5.74, 6) is 2.93. The number of Topliss-reactive ketones (excluding diaryl/α,β-unsaturated/α-hetero) is 1. The molecule has 0 fully saturated rings. The van der Waals surface area contributed by atoms with E-state index in [2.05, 4.69) is 5.32 Å². The van der Waals surface area contributed by atoms with Crippen molar-refractivity contribution < 1.29 is 18.7 Å². The quantitative estimate of drug-likeness (QED) is 0.564. The predicted molar refractivity (Wildman–Crippen MR) is 89.8 cm³/mol. The lowest BCUT2D eigenvalue weighted by Crippen LogP contribution is -2.30. The van der Waals surface area contributed by atoms with Crippen LogP contribution in [0.1, 0.15) is 23.0 Å². The lowest BCUT2D eigenvalue weighted by molar-refractivity contribution is -0.122. The molecule has 2 rings (SSSR count). The maximum atomic E-state index is 11.7. The van der Waals surface area contributed by atoms with Crippen molar-refractivity contribution in [2.75, 3.05) is 18.9 Å². The molecule has 122 valence electrons. The first-order valence-electron chi connectivity index (χ1n) is 7.26. The molecule has 1 aromatic carbocycles. The minimum Gasteiger partial charge on any atom is -0.484 e. The molecule has 0 spiro atoms. The van der Waals surface area contributed by atoms with Crippen molar-refractivity contribution in [1.82, 2.24) is 5.32 Å². The van der Waals surface area contributed by atoms with Crippen molar-refractivity contribution in [3.63, 3.8) is 0 Å².